The predicted octanol–water partition coefficient (Wildman–Crippen LogP) is 1.71. The van der Waals surface area contributed by atoms with Crippen molar-refractivity contribution < 1.29 is 14.3 Å². The van der Waals surface area contributed by atoms with E-state index in [0.717, 1.165) is 49.0 Å². The van der Waals surface area contributed by atoms with Gasteiger partial charge in [-0.3, -0.25) is 14.9 Å². The molecule has 2 amide bonds. The minimum Gasteiger partial charge on any atom is -0.490 e. The average molecular weight is 306 g/mol. The molecule has 0 spiro atoms. The third-order valence-electron chi connectivity index (χ3n) is 3.72. The molecule has 2 aliphatic heterocycles. The molecule has 0 radical (unpaired) electrons. The van der Waals surface area contributed by atoms with E-state index in [1.54, 1.807) is 0 Å². The Kier molecular flexibility index (Phi) is 4.45. The van der Waals surface area contributed by atoms with Crippen LogP contribution in [0.4, 0.5) is 4.79 Å². The molecular weight excluding hydrogens is 288 g/mol. The Bertz CT molecular complexity index is 543. The molecule has 2 saturated heterocycles. The number of carbonyl (C=O) groups is 2. The van der Waals surface area contributed by atoms with Crippen molar-refractivity contribution in [3.8, 4) is 5.75 Å². The molecular formula is C15H18N2O3S. The molecule has 1 unspecified atom stereocenters. The number of hydrogen-bond acceptors (Lipinski definition) is 5. The van der Waals surface area contributed by atoms with Crippen LogP contribution < -0.4 is 15.4 Å². The molecule has 0 saturated carbocycles. The van der Waals surface area contributed by atoms with Gasteiger partial charge in [0.05, 0.1) is 5.25 Å². The highest BCUT2D eigenvalue weighted by Crippen LogP contribution is 2.28. The first-order valence-electron chi connectivity index (χ1n) is 7.19. The van der Waals surface area contributed by atoms with Gasteiger partial charge in [-0.05, 0) is 44.0 Å². The Labute approximate surface area is 127 Å². The maximum absolute atomic E-state index is 11.7. The van der Waals surface area contributed by atoms with Crippen molar-refractivity contribution in [1.82, 2.24) is 10.6 Å². The number of amides is 2. The van der Waals surface area contributed by atoms with Crippen molar-refractivity contribution in [2.75, 3.05) is 13.1 Å². The molecule has 0 aliphatic carbocycles. The van der Waals surface area contributed by atoms with Crippen LogP contribution in [-0.2, 0) is 11.2 Å². The SMILES string of the molecule is O=C1NC(=O)C(Cc2ccccc2OC2CCNCC2)S1. The zero-order valence-corrected chi connectivity index (χ0v) is 12.4. The second-order valence-electron chi connectivity index (χ2n) is 5.26. The summed E-state index contributed by atoms with van der Waals surface area (Å²) in [6.45, 7) is 1.95. The van der Waals surface area contributed by atoms with Crippen LogP contribution in [0, 0.1) is 0 Å². The van der Waals surface area contributed by atoms with Crippen molar-refractivity contribution in [3.05, 3.63) is 29.8 Å². The topological polar surface area (TPSA) is 67.4 Å². The van der Waals surface area contributed by atoms with E-state index in [4.69, 9.17) is 4.74 Å². The lowest BCUT2D eigenvalue weighted by Gasteiger charge is -2.25. The summed E-state index contributed by atoms with van der Waals surface area (Å²) in [4.78, 5) is 22.9. The Morgan fingerprint density at radius 3 is 2.67 bits per heavy atom. The summed E-state index contributed by atoms with van der Waals surface area (Å²) < 4.78 is 6.09. The molecule has 2 N–H and O–H groups in total. The maximum Gasteiger partial charge on any atom is 0.286 e. The van der Waals surface area contributed by atoms with Crippen LogP contribution in [0.2, 0.25) is 0 Å². The van der Waals surface area contributed by atoms with Gasteiger partial charge in [0, 0.05) is 0 Å². The normalized spacial score (nSPS) is 23.1. The highest BCUT2D eigenvalue weighted by atomic mass is 32.2. The fraction of sp³-hybridized carbons (Fsp3) is 0.467. The van der Waals surface area contributed by atoms with E-state index >= 15 is 0 Å². The lowest BCUT2D eigenvalue weighted by atomic mass is 10.1. The fourth-order valence-corrected chi connectivity index (χ4v) is 3.45. The van der Waals surface area contributed by atoms with Gasteiger partial charge in [-0.25, -0.2) is 0 Å². The Balaban J connectivity index is 1.70. The minimum absolute atomic E-state index is 0.207. The van der Waals surface area contributed by atoms with Gasteiger partial charge in [0.15, 0.2) is 0 Å². The first kappa shape index (κ1) is 14.4. The quantitative estimate of drug-likeness (QED) is 0.886. The van der Waals surface area contributed by atoms with Gasteiger partial charge in [0.1, 0.15) is 11.9 Å². The predicted molar refractivity (Wildman–Crippen MR) is 81.6 cm³/mol. The van der Waals surface area contributed by atoms with E-state index in [9.17, 15) is 9.59 Å². The first-order valence-corrected chi connectivity index (χ1v) is 8.07. The molecule has 0 bridgehead atoms. The number of imide groups is 1. The van der Waals surface area contributed by atoms with Gasteiger partial charge in [-0.2, -0.15) is 0 Å². The third kappa shape index (κ3) is 3.57. The summed E-state index contributed by atoms with van der Waals surface area (Å²) in [5.41, 5.74) is 0.985. The first-order chi connectivity index (χ1) is 10.2. The van der Waals surface area contributed by atoms with Gasteiger partial charge < -0.3 is 10.1 Å². The molecule has 1 atom stereocenters. The number of carbonyl (C=O) groups excluding carboxylic acids is 2. The standard InChI is InChI=1S/C15H18N2O3S/c18-14-13(21-15(19)17-14)9-10-3-1-2-4-12(10)20-11-5-7-16-8-6-11/h1-4,11,13,16H,5-9H2,(H,17,18,19). The van der Waals surface area contributed by atoms with Crippen molar-refractivity contribution in [2.45, 2.75) is 30.6 Å². The van der Waals surface area contributed by atoms with Gasteiger partial charge in [-0.1, -0.05) is 30.0 Å². The van der Waals surface area contributed by atoms with Gasteiger partial charge >= 0.3 is 0 Å². The number of thioether (sulfide) groups is 1. The summed E-state index contributed by atoms with van der Waals surface area (Å²) in [5.74, 6) is 0.624. The maximum atomic E-state index is 11.7. The highest BCUT2D eigenvalue weighted by Gasteiger charge is 2.32. The summed E-state index contributed by atoms with van der Waals surface area (Å²) in [5, 5.41) is 5.02. The fourth-order valence-electron chi connectivity index (χ4n) is 2.61. The molecule has 2 fully saturated rings. The van der Waals surface area contributed by atoms with Crippen LogP contribution in [0.15, 0.2) is 24.3 Å². The molecule has 3 rings (SSSR count). The van der Waals surface area contributed by atoms with Crippen LogP contribution in [-0.4, -0.2) is 35.6 Å². The van der Waals surface area contributed by atoms with Crippen LogP contribution in [0.5, 0.6) is 5.75 Å². The van der Waals surface area contributed by atoms with E-state index < -0.39 is 0 Å². The minimum atomic E-state index is -0.352. The smallest absolute Gasteiger partial charge is 0.286 e. The zero-order chi connectivity index (χ0) is 14.7. The second-order valence-corrected chi connectivity index (χ2v) is 6.44. The molecule has 2 heterocycles. The number of piperidine rings is 1. The molecule has 0 aromatic heterocycles. The number of ether oxygens (including phenoxy) is 1. The number of nitrogens with one attached hydrogen (secondary N) is 2. The lowest BCUT2D eigenvalue weighted by Crippen LogP contribution is -2.34. The van der Waals surface area contributed by atoms with Crippen LogP contribution >= 0.6 is 11.8 Å². The number of benzene rings is 1. The van der Waals surface area contributed by atoms with Crippen LogP contribution in [0.3, 0.4) is 0 Å². The third-order valence-corrected chi connectivity index (χ3v) is 4.71. The van der Waals surface area contributed by atoms with Crippen LogP contribution in [0.1, 0.15) is 18.4 Å². The van der Waals surface area contributed by atoms with E-state index in [0.29, 0.717) is 6.42 Å². The summed E-state index contributed by atoms with van der Waals surface area (Å²) >= 11 is 1.06. The zero-order valence-electron chi connectivity index (χ0n) is 11.6. The summed E-state index contributed by atoms with van der Waals surface area (Å²) in [6, 6.07) is 7.78. The summed E-state index contributed by atoms with van der Waals surface area (Å²) in [6.07, 6.45) is 2.72. The van der Waals surface area contributed by atoms with Gasteiger partial charge in [-0.15, -0.1) is 0 Å². The van der Waals surface area contributed by atoms with E-state index in [2.05, 4.69) is 10.6 Å². The molecule has 1 aromatic carbocycles. The monoisotopic (exact) mass is 306 g/mol. The van der Waals surface area contributed by atoms with Crippen molar-refractivity contribution in [2.24, 2.45) is 0 Å². The van der Waals surface area contributed by atoms with E-state index in [1.807, 2.05) is 24.3 Å². The average Bonchev–Trinajstić information content (AvgIpc) is 2.80. The Morgan fingerprint density at radius 1 is 1.19 bits per heavy atom. The molecule has 21 heavy (non-hydrogen) atoms. The molecule has 6 heteroatoms. The van der Waals surface area contributed by atoms with Crippen molar-refractivity contribution >= 4 is 22.9 Å². The molecule has 2 aliphatic rings. The molecule has 1 aromatic rings. The lowest BCUT2D eigenvalue weighted by molar-refractivity contribution is -0.118. The number of rotatable bonds is 4. The van der Waals surface area contributed by atoms with Crippen molar-refractivity contribution in [1.29, 1.82) is 0 Å². The molecule has 112 valence electrons. The van der Waals surface area contributed by atoms with Crippen LogP contribution in [0.25, 0.3) is 0 Å². The number of hydrogen-bond donors (Lipinski definition) is 2. The highest BCUT2D eigenvalue weighted by molar-refractivity contribution is 8.15. The second kappa shape index (κ2) is 6.49. The van der Waals surface area contributed by atoms with E-state index in [-0.39, 0.29) is 22.5 Å². The van der Waals surface area contributed by atoms with Gasteiger partial charge in [0.25, 0.3) is 5.24 Å². The summed E-state index contributed by atoms with van der Waals surface area (Å²) in [7, 11) is 0. The Hall–Kier alpha value is -1.53. The largest absolute Gasteiger partial charge is 0.490 e. The van der Waals surface area contributed by atoms with E-state index in [1.165, 1.54) is 0 Å². The molecule has 5 nitrogen and oxygen atoms in total. The van der Waals surface area contributed by atoms with Gasteiger partial charge in [0.2, 0.25) is 5.91 Å². The number of para-hydroxylation sites is 1. The Morgan fingerprint density at radius 2 is 1.95 bits per heavy atom. The van der Waals surface area contributed by atoms with Crippen molar-refractivity contribution in [3.63, 3.8) is 0 Å².